The fourth-order valence-corrected chi connectivity index (χ4v) is 2.60. The van der Waals surface area contributed by atoms with Crippen LogP contribution >= 0.6 is 0 Å². The normalized spacial score (nSPS) is 12.3. The summed E-state index contributed by atoms with van der Waals surface area (Å²) in [5.41, 5.74) is 2.26. The fourth-order valence-electron chi connectivity index (χ4n) is 2.60. The molecule has 3 rings (SSSR count). The zero-order valence-electron chi connectivity index (χ0n) is 14.8. The minimum atomic E-state index is -1.09. The summed E-state index contributed by atoms with van der Waals surface area (Å²) in [5.74, 6) is -0.240. The van der Waals surface area contributed by atoms with Gasteiger partial charge in [0.25, 0.3) is 0 Å². The molecule has 27 heavy (non-hydrogen) atoms. The van der Waals surface area contributed by atoms with Crippen LogP contribution in [0, 0.1) is 0 Å². The lowest BCUT2D eigenvalue weighted by molar-refractivity contribution is -0.116. The van der Waals surface area contributed by atoms with E-state index in [4.69, 9.17) is 0 Å². The highest BCUT2D eigenvalue weighted by atomic mass is 16.3. The van der Waals surface area contributed by atoms with E-state index >= 15 is 0 Å². The van der Waals surface area contributed by atoms with Crippen LogP contribution in [0.3, 0.4) is 0 Å². The summed E-state index contributed by atoms with van der Waals surface area (Å²) in [6, 6.07) is 19.9. The van der Waals surface area contributed by atoms with E-state index in [9.17, 15) is 15.0 Å². The van der Waals surface area contributed by atoms with Crippen molar-refractivity contribution >= 4 is 17.8 Å². The van der Waals surface area contributed by atoms with Gasteiger partial charge >= 0.3 is 0 Å². The smallest absolute Gasteiger partial charge is 0.244 e. The van der Waals surface area contributed by atoms with Crippen molar-refractivity contribution in [2.75, 3.05) is 11.6 Å². The van der Waals surface area contributed by atoms with Crippen LogP contribution in [-0.2, 0) is 4.79 Å². The number of hydrogen-bond acceptors (Lipinski definition) is 5. The first-order chi connectivity index (χ1) is 13.1. The molecule has 0 bridgehead atoms. The van der Waals surface area contributed by atoms with Crippen LogP contribution < -0.4 is 5.01 Å². The van der Waals surface area contributed by atoms with Gasteiger partial charge in [-0.05, 0) is 30.3 Å². The van der Waals surface area contributed by atoms with Crippen molar-refractivity contribution < 1.29 is 15.0 Å². The molecule has 1 aromatic heterocycles. The second-order valence-electron chi connectivity index (χ2n) is 5.85. The van der Waals surface area contributed by atoms with Crippen LogP contribution in [0.2, 0.25) is 0 Å². The summed E-state index contributed by atoms with van der Waals surface area (Å²) in [6.07, 6.45) is 0.361. The van der Waals surface area contributed by atoms with E-state index in [-0.39, 0.29) is 5.91 Å². The standard InChI is InChI=1S/C20H20N4O3/c1-15(26)23(17-8-4-2-5-9-17)21-13-16-12-19(20(27)14-25)24(22-16)18-10-6-3-7-11-18/h2-13,20,25,27H,14H2,1H3. The molecular weight excluding hydrogens is 344 g/mol. The Balaban J connectivity index is 1.96. The van der Waals surface area contributed by atoms with E-state index in [0.29, 0.717) is 17.1 Å². The zero-order valence-corrected chi connectivity index (χ0v) is 14.8. The summed E-state index contributed by atoms with van der Waals surface area (Å²) in [7, 11) is 0. The van der Waals surface area contributed by atoms with Crippen molar-refractivity contribution in [3.8, 4) is 5.69 Å². The minimum Gasteiger partial charge on any atom is -0.393 e. The highest BCUT2D eigenvalue weighted by Gasteiger charge is 2.16. The Bertz CT molecular complexity index is 923. The topological polar surface area (TPSA) is 91.0 Å². The Kier molecular flexibility index (Phi) is 5.75. The molecule has 0 saturated carbocycles. The van der Waals surface area contributed by atoms with Crippen molar-refractivity contribution in [3.63, 3.8) is 0 Å². The van der Waals surface area contributed by atoms with Gasteiger partial charge in [-0.3, -0.25) is 4.79 Å². The molecule has 7 heteroatoms. The number of anilines is 1. The van der Waals surface area contributed by atoms with E-state index in [1.807, 2.05) is 48.5 Å². The van der Waals surface area contributed by atoms with Crippen LogP contribution in [0.1, 0.15) is 24.4 Å². The molecular formula is C20H20N4O3. The Morgan fingerprint density at radius 2 is 1.81 bits per heavy atom. The number of carbonyl (C=O) groups is 1. The maximum atomic E-state index is 11.9. The average Bonchev–Trinajstić information content (AvgIpc) is 3.13. The number of hydrazone groups is 1. The Morgan fingerprint density at radius 3 is 2.41 bits per heavy atom. The van der Waals surface area contributed by atoms with Crippen molar-refractivity contribution in [2.45, 2.75) is 13.0 Å². The second kappa shape index (κ2) is 8.39. The first-order valence-corrected chi connectivity index (χ1v) is 8.44. The van der Waals surface area contributed by atoms with Crippen LogP contribution in [0.5, 0.6) is 0 Å². The molecule has 0 aliphatic carbocycles. The molecule has 0 fully saturated rings. The first kappa shape index (κ1) is 18.5. The van der Waals surface area contributed by atoms with Gasteiger partial charge in [0.15, 0.2) is 0 Å². The molecule has 0 radical (unpaired) electrons. The number of aromatic nitrogens is 2. The molecule has 0 aliphatic rings. The lowest BCUT2D eigenvalue weighted by Crippen LogP contribution is -2.22. The molecule has 1 atom stereocenters. The molecule has 2 N–H and O–H groups in total. The number of hydrogen-bond donors (Lipinski definition) is 2. The van der Waals surface area contributed by atoms with Gasteiger partial charge < -0.3 is 10.2 Å². The van der Waals surface area contributed by atoms with Gasteiger partial charge in [0, 0.05) is 6.92 Å². The molecule has 0 aliphatic heterocycles. The van der Waals surface area contributed by atoms with Crippen LogP contribution in [0.15, 0.2) is 71.8 Å². The predicted octanol–water partition coefficient (Wildman–Crippen LogP) is 2.29. The molecule has 0 saturated heterocycles. The van der Waals surface area contributed by atoms with Crippen molar-refractivity contribution in [1.29, 1.82) is 0 Å². The van der Waals surface area contributed by atoms with E-state index in [1.165, 1.54) is 18.1 Å². The zero-order chi connectivity index (χ0) is 19.2. The van der Waals surface area contributed by atoms with Gasteiger partial charge in [-0.15, -0.1) is 0 Å². The Morgan fingerprint density at radius 1 is 1.19 bits per heavy atom. The van der Waals surface area contributed by atoms with Crippen LogP contribution in [-0.4, -0.2) is 38.7 Å². The average molecular weight is 364 g/mol. The van der Waals surface area contributed by atoms with Gasteiger partial charge in [-0.1, -0.05) is 36.4 Å². The third-order valence-electron chi connectivity index (χ3n) is 3.88. The fraction of sp³-hybridized carbons (Fsp3) is 0.150. The second-order valence-corrected chi connectivity index (χ2v) is 5.85. The predicted molar refractivity (Wildman–Crippen MR) is 103 cm³/mol. The minimum absolute atomic E-state index is 0.240. The van der Waals surface area contributed by atoms with Gasteiger partial charge in [-0.25, -0.2) is 9.69 Å². The lowest BCUT2D eigenvalue weighted by Gasteiger charge is -2.14. The number of rotatable bonds is 6. The van der Waals surface area contributed by atoms with Crippen molar-refractivity contribution in [3.05, 3.63) is 78.1 Å². The number of nitrogens with zero attached hydrogens (tertiary/aromatic N) is 4. The largest absolute Gasteiger partial charge is 0.393 e. The van der Waals surface area contributed by atoms with Crippen LogP contribution in [0.4, 0.5) is 5.69 Å². The van der Waals surface area contributed by atoms with Gasteiger partial charge in [-0.2, -0.15) is 10.2 Å². The summed E-state index contributed by atoms with van der Waals surface area (Å²) in [5, 5.41) is 29.4. The molecule has 1 heterocycles. The number of carbonyl (C=O) groups excluding carboxylic acids is 1. The van der Waals surface area contributed by atoms with E-state index in [0.717, 1.165) is 5.69 Å². The molecule has 2 aromatic carbocycles. The van der Waals surface area contributed by atoms with E-state index in [1.54, 1.807) is 22.9 Å². The molecule has 1 unspecified atom stereocenters. The lowest BCUT2D eigenvalue weighted by atomic mass is 10.2. The highest BCUT2D eigenvalue weighted by Crippen LogP contribution is 2.19. The molecule has 0 spiro atoms. The SMILES string of the molecule is CC(=O)N(N=Cc1cc(C(O)CO)n(-c2ccccc2)n1)c1ccccc1. The number of amides is 1. The highest BCUT2D eigenvalue weighted by molar-refractivity contribution is 5.93. The van der Waals surface area contributed by atoms with Crippen LogP contribution in [0.25, 0.3) is 5.69 Å². The summed E-state index contributed by atoms with van der Waals surface area (Å²) >= 11 is 0. The monoisotopic (exact) mass is 364 g/mol. The molecule has 138 valence electrons. The van der Waals surface area contributed by atoms with E-state index in [2.05, 4.69) is 10.2 Å². The van der Waals surface area contributed by atoms with Gasteiger partial charge in [0.05, 0.1) is 29.9 Å². The number of aliphatic hydroxyl groups excluding tert-OH is 2. The van der Waals surface area contributed by atoms with Crippen molar-refractivity contribution in [1.82, 2.24) is 9.78 Å². The first-order valence-electron chi connectivity index (χ1n) is 8.44. The van der Waals surface area contributed by atoms with E-state index < -0.39 is 12.7 Å². The maximum Gasteiger partial charge on any atom is 0.244 e. The molecule has 3 aromatic rings. The molecule has 1 amide bonds. The maximum absolute atomic E-state index is 11.9. The quantitative estimate of drug-likeness (QED) is 0.519. The van der Waals surface area contributed by atoms with Gasteiger partial charge in [0.2, 0.25) is 5.91 Å². The Labute approximate surface area is 156 Å². The molecule has 7 nitrogen and oxygen atoms in total. The summed E-state index contributed by atoms with van der Waals surface area (Å²) < 4.78 is 1.54. The van der Waals surface area contributed by atoms with Gasteiger partial charge in [0.1, 0.15) is 11.8 Å². The third-order valence-corrected chi connectivity index (χ3v) is 3.88. The number of para-hydroxylation sites is 2. The number of benzene rings is 2. The number of aliphatic hydroxyl groups is 2. The van der Waals surface area contributed by atoms with Crippen molar-refractivity contribution in [2.24, 2.45) is 5.10 Å². The summed E-state index contributed by atoms with van der Waals surface area (Å²) in [6.45, 7) is 0.993. The third kappa shape index (κ3) is 4.28. The summed E-state index contributed by atoms with van der Waals surface area (Å²) in [4.78, 5) is 11.9. The Hall–Kier alpha value is -3.29.